The van der Waals surface area contributed by atoms with E-state index in [0.29, 0.717) is 5.92 Å². The van der Waals surface area contributed by atoms with Gasteiger partial charge in [0.15, 0.2) is 0 Å². The first kappa shape index (κ1) is 9.50. The fourth-order valence-electron chi connectivity index (χ4n) is 1.81. The summed E-state index contributed by atoms with van der Waals surface area (Å²) in [5.74, 6) is 1.71. The van der Waals surface area contributed by atoms with Crippen molar-refractivity contribution in [1.82, 2.24) is 9.97 Å². The van der Waals surface area contributed by atoms with Gasteiger partial charge in [-0.15, -0.1) is 0 Å². The molecule has 1 atom stereocenters. The van der Waals surface area contributed by atoms with Crippen LogP contribution in [-0.2, 0) is 6.42 Å². The number of hydrogen-bond donors (Lipinski definition) is 1. The number of H-pyrrole nitrogens is 1. The quantitative estimate of drug-likeness (QED) is 0.761. The summed E-state index contributed by atoms with van der Waals surface area (Å²) < 4.78 is 0. The van der Waals surface area contributed by atoms with Crippen molar-refractivity contribution in [2.24, 2.45) is 0 Å². The van der Waals surface area contributed by atoms with Gasteiger partial charge in [0.2, 0.25) is 0 Å². The third-order valence-electron chi connectivity index (χ3n) is 3.06. The van der Waals surface area contributed by atoms with Gasteiger partial charge < -0.3 is 4.98 Å². The summed E-state index contributed by atoms with van der Waals surface area (Å²) in [4.78, 5) is 8.09. The second-order valence-corrected chi connectivity index (χ2v) is 4.29. The average molecular weight is 190 g/mol. The predicted molar refractivity (Wildman–Crippen MR) is 59.3 cm³/mol. The summed E-state index contributed by atoms with van der Waals surface area (Å²) in [6, 6.07) is 0. The van der Waals surface area contributed by atoms with Gasteiger partial charge in [-0.25, -0.2) is 4.98 Å². The lowest BCUT2D eigenvalue weighted by molar-refractivity contribution is 0.686. The minimum Gasteiger partial charge on any atom is -0.345 e. The fourth-order valence-corrected chi connectivity index (χ4v) is 1.81. The number of allylic oxidation sites excluding steroid dienone is 1. The van der Waals surface area contributed by atoms with Gasteiger partial charge in [0, 0.05) is 11.6 Å². The number of aromatic amines is 1. The zero-order chi connectivity index (χ0) is 10.1. The van der Waals surface area contributed by atoms with Gasteiger partial charge in [-0.2, -0.15) is 0 Å². The van der Waals surface area contributed by atoms with E-state index < -0.39 is 0 Å². The highest BCUT2D eigenvalue weighted by Gasteiger charge is 2.15. The van der Waals surface area contributed by atoms with Gasteiger partial charge in [-0.05, 0) is 32.3 Å². The molecular weight excluding hydrogens is 172 g/mol. The van der Waals surface area contributed by atoms with Crippen molar-refractivity contribution < 1.29 is 0 Å². The maximum Gasteiger partial charge on any atom is 0.109 e. The molecule has 0 saturated heterocycles. The summed E-state index contributed by atoms with van der Waals surface area (Å²) in [7, 11) is 0. The number of fused-ring (bicyclic) bond motifs is 1. The summed E-state index contributed by atoms with van der Waals surface area (Å²) >= 11 is 0. The van der Waals surface area contributed by atoms with E-state index in [0.717, 1.165) is 18.7 Å². The third-order valence-corrected chi connectivity index (χ3v) is 3.06. The number of hydrogen-bond acceptors (Lipinski definition) is 1. The van der Waals surface area contributed by atoms with Crippen molar-refractivity contribution in [1.29, 1.82) is 0 Å². The summed E-state index contributed by atoms with van der Waals surface area (Å²) in [6.45, 7) is 6.61. The monoisotopic (exact) mass is 190 g/mol. The van der Waals surface area contributed by atoms with Gasteiger partial charge in [-0.1, -0.05) is 19.4 Å². The Kier molecular flexibility index (Phi) is 2.44. The Morgan fingerprint density at radius 3 is 3.00 bits per heavy atom. The Labute approximate surface area is 85.4 Å². The maximum atomic E-state index is 4.64. The molecule has 0 saturated carbocycles. The largest absolute Gasteiger partial charge is 0.345 e. The minimum atomic E-state index is 0.550. The number of aromatic nitrogens is 2. The van der Waals surface area contributed by atoms with Crippen LogP contribution in [0.2, 0.25) is 0 Å². The third kappa shape index (κ3) is 1.61. The second kappa shape index (κ2) is 3.60. The lowest BCUT2D eigenvalue weighted by Crippen LogP contribution is -1.96. The molecule has 0 bridgehead atoms. The van der Waals surface area contributed by atoms with Gasteiger partial charge in [0.25, 0.3) is 0 Å². The fraction of sp³-hybridized carbons (Fsp3) is 0.583. The molecule has 0 radical (unpaired) electrons. The minimum absolute atomic E-state index is 0.550. The van der Waals surface area contributed by atoms with Crippen LogP contribution in [0.25, 0.3) is 6.08 Å². The van der Waals surface area contributed by atoms with E-state index in [-0.39, 0.29) is 0 Å². The molecule has 1 heterocycles. The topological polar surface area (TPSA) is 28.7 Å². The Hall–Kier alpha value is -1.05. The van der Waals surface area contributed by atoms with Crippen molar-refractivity contribution >= 4 is 6.08 Å². The maximum absolute atomic E-state index is 4.64. The van der Waals surface area contributed by atoms with Crippen molar-refractivity contribution in [2.45, 2.75) is 46.0 Å². The molecule has 0 aromatic carbocycles. The molecule has 1 aromatic heterocycles. The molecule has 2 heteroatoms. The molecule has 0 fully saturated rings. The van der Waals surface area contributed by atoms with Crippen LogP contribution in [0.3, 0.4) is 0 Å². The van der Waals surface area contributed by atoms with Crippen LogP contribution < -0.4 is 0 Å². The molecule has 0 amide bonds. The normalized spacial score (nSPS) is 17.5. The highest BCUT2D eigenvalue weighted by Crippen LogP contribution is 2.24. The molecule has 14 heavy (non-hydrogen) atoms. The van der Waals surface area contributed by atoms with Gasteiger partial charge in [0.1, 0.15) is 5.82 Å². The number of nitrogens with one attached hydrogen (secondary N) is 1. The van der Waals surface area contributed by atoms with Crippen LogP contribution in [0.4, 0.5) is 0 Å². The number of nitrogens with zero attached hydrogens (tertiary/aromatic N) is 1. The molecule has 1 aromatic rings. The summed E-state index contributed by atoms with van der Waals surface area (Å²) in [5.41, 5.74) is 3.94. The Bertz CT molecular complexity index is 360. The molecule has 1 unspecified atom stereocenters. The van der Waals surface area contributed by atoms with Crippen molar-refractivity contribution in [3.05, 3.63) is 22.8 Å². The number of aryl methyl sites for hydroxylation is 1. The van der Waals surface area contributed by atoms with E-state index in [2.05, 4.69) is 36.8 Å². The lowest BCUT2D eigenvalue weighted by atomic mass is 10.0. The highest BCUT2D eigenvalue weighted by molar-refractivity contribution is 5.54. The Balaban J connectivity index is 2.33. The van der Waals surface area contributed by atoms with Gasteiger partial charge in [0.05, 0.1) is 5.69 Å². The molecule has 2 nitrogen and oxygen atoms in total. The van der Waals surface area contributed by atoms with Crippen molar-refractivity contribution in [2.75, 3.05) is 0 Å². The van der Waals surface area contributed by atoms with E-state index >= 15 is 0 Å². The highest BCUT2D eigenvalue weighted by atomic mass is 14.9. The first-order chi connectivity index (χ1) is 6.70. The molecule has 0 aliphatic heterocycles. The molecule has 0 spiro atoms. The van der Waals surface area contributed by atoms with Crippen molar-refractivity contribution in [3.8, 4) is 0 Å². The van der Waals surface area contributed by atoms with Crippen molar-refractivity contribution in [3.63, 3.8) is 0 Å². The zero-order valence-corrected chi connectivity index (χ0v) is 9.22. The van der Waals surface area contributed by atoms with E-state index in [9.17, 15) is 0 Å². The number of imidazole rings is 1. The van der Waals surface area contributed by atoms with Crippen LogP contribution in [0.1, 0.15) is 56.7 Å². The van der Waals surface area contributed by atoms with E-state index in [4.69, 9.17) is 0 Å². The molecule has 1 aliphatic rings. The second-order valence-electron chi connectivity index (χ2n) is 4.29. The van der Waals surface area contributed by atoms with E-state index in [1.807, 2.05) is 0 Å². The van der Waals surface area contributed by atoms with Crippen LogP contribution in [0, 0.1) is 0 Å². The molecule has 2 rings (SSSR count). The zero-order valence-electron chi connectivity index (χ0n) is 9.22. The van der Waals surface area contributed by atoms with E-state index in [1.54, 1.807) is 0 Å². The predicted octanol–water partition coefficient (Wildman–Crippen LogP) is 3.27. The van der Waals surface area contributed by atoms with Gasteiger partial charge in [-0.3, -0.25) is 0 Å². The first-order valence-corrected chi connectivity index (χ1v) is 5.46. The SMILES string of the molecule is CCC(C)c1nc2c([nH]1)CCC(C)=C2. The lowest BCUT2D eigenvalue weighted by Gasteiger charge is -2.06. The van der Waals surface area contributed by atoms with Crippen LogP contribution in [0.15, 0.2) is 5.57 Å². The summed E-state index contributed by atoms with van der Waals surface area (Å²) in [6.07, 6.45) is 5.66. The Morgan fingerprint density at radius 1 is 1.50 bits per heavy atom. The smallest absolute Gasteiger partial charge is 0.109 e. The first-order valence-electron chi connectivity index (χ1n) is 5.46. The number of rotatable bonds is 2. The Morgan fingerprint density at radius 2 is 2.29 bits per heavy atom. The standard InChI is InChI=1S/C12H18N2/c1-4-9(3)12-13-10-6-5-8(2)7-11(10)14-12/h7,9H,4-6H2,1-3H3,(H,13,14). The van der Waals surface area contributed by atoms with Crippen LogP contribution in [0.5, 0.6) is 0 Å². The summed E-state index contributed by atoms with van der Waals surface area (Å²) in [5, 5.41) is 0. The average Bonchev–Trinajstić information content (AvgIpc) is 2.59. The van der Waals surface area contributed by atoms with Crippen LogP contribution in [-0.4, -0.2) is 9.97 Å². The molecule has 76 valence electrons. The van der Waals surface area contributed by atoms with Gasteiger partial charge >= 0.3 is 0 Å². The molecular formula is C12H18N2. The van der Waals surface area contributed by atoms with Crippen LogP contribution >= 0.6 is 0 Å². The van der Waals surface area contributed by atoms with E-state index in [1.165, 1.54) is 23.4 Å². The molecule has 1 N–H and O–H groups in total. The molecule has 1 aliphatic carbocycles.